The summed E-state index contributed by atoms with van der Waals surface area (Å²) in [4.78, 5) is 12.4. The van der Waals surface area contributed by atoms with Crippen molar-refractivity contribution in [2.75, 3.05) is 6.54 Å². The highest BCUT2D eigenvalue weighted by molar-refractivity contribution is 5.77. The van der Waals surface area contributed by atoms with Gasteiger partial charge in [0.25, 0.3) is 0 Å². The number of carbonyl (C=O) groups excluding carboxylic acids is 1. The molecule has 1 aliphatic carbocycles. The molecule has 21 heavy (non-hydrogen) atoms. The maximum absolute atomic E-state index is 12.4. The number of amides is 1. The van der Waals surface area contributed by atoms with Gasteiger partial charge in [0.15, 0.2) is 0 Å². The molecule has 0 radical (unpaired) electrons. The summed E-state index contributed by atoms with van der Waals surface area (Å²) in [6.07, 6.45) is 6.25. The number of nitrogens with one attached hydrogen (secondary N) is 1. The van der Waals surface area contributed by atoms with Crippen molar-refractivity contribution in [3.63, 3.8) is 0 Å². The summed E-state index contributed by atoms with van der Waals surface area (Å²) in [6, 6.07) is 10.6. The van der Waals surface area contributed by atoms with Crippen LogP contribution in [-0.2, 0) is 4.79 Å². The normalized spacial score (nSPS) is 23.5. The summed E-state index contributed by atoms with van der Waals surface area (Å²) in [5, 5.41) is 3.24. The smallest absolute Gasteiger partial charge is 0.220 e. The number of carbonyl (C=O) groups is 1. The molecule has 3 nitrogen and oxygen atoms in total. The Balaban J connectivity index is 1.90. The van der Waals surface area contributed by atoms with Crippen molar-refractivity contribution >= 4 is 5.91 Å². The Morgan fingerprint density at radius 2 is 2.00 bits per heavy atom. The van der Waals surface area contributed by atoms with Crippen LogP contribution in [0.1, 0.15) is 56.9 Å². The van der Waals surface area contributed by atoms with Crippen molar-refractivity contribution in [1.82, 2.24) is 5.32 Å². The Morgan fingerprint density at radius 3 is 2.67 bits per heavy atom. The first-order valence-electron chi connectivity index (χ1n) is 8.29. The topological polar surface area (TPSA) is 55.1 Å². The van der Waals surface area contributed by atoms with Gasteiger partial charge in [-0.3, -0.25) is 4.79 Å². The van der Waals surface area contributed by atoms with Crippen LogP contribution in [0.2, 0.25) is 0 Å². The van der Waals surface area contributed by atoms with E-state index in [1.54, 1.807) is 0 Å². The maximum Gasteiger partial charge on any atom is 0.220 e. The number of hydrogen-bond donors (Lipinski definition) is 2. The molecule has 3 N–H and O–H groups in total. The zero-order valence-corrected chi connectivity index (χ0v) is 13.1. The predicted molar refractivity (Wildman–Crippen MR) is 87.0 cm³/mol. The fraction of sp³-hybridized carbons (Fsp3) is 0.611. The summed E-state index contributed by atoms with van der Waals surface area (Å²) in [6.45, 7) is 2.83. The quantitative estimate of drug-likeness (QED) is 0.844. The van der Waals surface area contributed by atoms with Crippen LogP contribution >= 0.6 is 0 Å². The van der Waals surface area contributed by atoms with Crippen molar-refractivity contribution < 1.29 is 4.79 Å². The molecule has 0 saturated heterocycles. The average molecular weight is 288 g/mol. The lowest BCUT2D eigenvalue weighted by molar-refractivity contribution is -0.122. The van der Waals surface area contributed by atoms with Gasteiger partial charge in [0.05, 0.1) is 0 Å². The molecule has 0 bridgehead atoms. The molecule has 116 valence electrons. The van der Waals surface area contributed by atoms with E-state index in [-0.39, 0.29) is 11.9 Å². The zero-order valence-electron chi connectivity index (χ0n) is 13.1. The molecule has 0 spiro atoms. The van der Waals surface area contributed by atoms with Crippen molar-refractivity contribution in [3.05, 3.63) is 35.9 Å². The van der Waals surface area contributed by atoms with E-state index in [4.69, 9.17) is 5.73 Å². The molecule has 1 aromatic rings. The molecule has 1 saturated carbocycles. The lowest BCUT2D eigenvalue weighted by atomic mass is 9.84. The Hall–Kier alpha value is -1.35. The standard InChI is InChI=1S/C18H28N2O/c1-2-14(15-8-4-3-5-9-15)12-18(21)20-17-11-7-6-10-16(17)13-19/h3-5,8-9,14,16-17H,2,6-7,10-13,19H2,1H3,(H,20,21). The van der Waals surface area contributed by atoms with E-state index in [9.17, 15) is 4.79 Å². The molecule has 0 heterocycles. The van der Waals surface area contributed by atoms with E-state index < -0.39 is 0 Å². The third-order valence-electron chi connectivity index (χ3n) is 4.75. The van der Waals surface area contributed by atoms with Crippen LogP contribution in [0.15, 0.2) is 30.3 Å². The van der Waals surface area contributed by atoms with Gasteiger partial charge in [-0.15, -0.1) is 0 Å². The summed E-state index contributed by atoms with van der Waals surface area (Å²) >= 11 is 0. The fourth-order valence-electron chi connectivity index (χ4n) is 3.39. The second kappa shape index (κ2) is 8.18. The molecule has 3 heteroatoms. The van der Waals surface area contributed by atoms with Crippen LogP contribution in [0.25, 0.3) is 0 Å². The Labute approximate surface area is 128 Å². The van der Waals surface area contributed by atoms with Crippen LogP contribution in [0.3, 0.4) is 0 Å². The first kappa shape index (κ1) is 16.0. The van der Waals surface area contributed by atoms with E-state index in [2.05, 4.69) is 24.4 Å². The minimum atomic E-state index is 0.177. The second-order valence-corrected chi connectivity index (χ2v) is 6.17. The zero-order chi connectivity index (χ0) is 15.1. The number of benzene rings is 1. The van der Waals surface area contributed by atoms with Crippen molar-refractivity contribution in [3.8, 4) is 0 Å². The molecule has 2 rings (SSSR count). The van der Waals surface area contributed by atoms with Crippen LogP contribution in [0, 0.1) is 5.92 Å². The number of rotatable bonds is 6. The second-order valence-electron chi connectivity index (χ2n) is 6.17. The number of nitrogens with two attached hydrogens (primary N) is 1. The van der Waals surface area contributed by atoms with E-state index in [1.165, 1.54) is 18.4 Å². The highest BCUT2D eigenvalue weighted by Crippen LogP contribution is 2.26. The minimum absolute atomic E-state index is 0.177. The van der Waals surface area contributed by atoms with Gasteiger partial charge in [0.2, 0.25) is 5.91 Å². The molecule has 1 amide bonds. The van der Waals surface area contributed by atoms with Gasteiger partial charge in [-0.1, -0.05) is 50.1 Å². The molecule has 1 fully saturated rings. The molecule has 3 atom stereocenters. The first-order chi connectivity index (χ1) is 10.2. The van der Waals surface area contributed by atoms with Gasteiger partial charge in [-0.2, -0.15) is 0 Å². The summed E-state index contributed by atoms with van der Waals surface area (Å²) in [5.41, 5.74) is 7.10. The first-order valence-corrected chi connectivity index (χ1v) is 8.29. The van der Waals surface area contributed by atoms with E-state index >= 15 is 0 Å². The van der Waals surface area contributed by atoms with Gasteiger partial charge in [0, 0.05) is 12.5 Å². The highest BCUT2D eigenvalue weighted by Gasteiger charge is 2.26. The van der Waals surface area contributed by atoms with Gasteiger partial charge in [0.1, 0.15) is 0 Å². The largest absolute Gasteiger partial charge is 0.353 e. The third-order valence-corrected chi connectivity index (χ3v) is 4.75. The molecule has 0 aromatic heterocycles. The monoisotopic (exact) mass is 288 g/mol. The molecule has 1 aromatic carbocycles. The molecular weight excluding hydrogens is 260 g/mol. The Bertz CT molecular complexity index is 432. The molecule has 3 unspecified atom stereocenters. The Kier molecular flexibility index (Phi) is 6.24. The Morgan fingerprint density at radius 1 is 1.29 bits per heavy atom. The summed E-state index contributed by atoms with van der Waals surface area (Å²) in [5.74, 6) is 0.946. The van der Waals surface area contributed by atoms with Crippen LogP contribution < -0.4 is 11.1 Å². The van der Waals surface area contributed by atoms with Crippen LogP contribution in [-0.4, -0.2) is 18.5 Å². The predicted octanol–water partition coefficient (Wildman–Crippen LogP) is 3.20. The molecule has 0 aliphatic heterocycles. The number of hydrogen-bond acceptors (Lipinski definition) is 2. The van der Waals surface area contributed by atoms with Crippen molar-refractivity contribution in [1.29, 1.82) is 0 Å². The SMILES string of the molecule is CCC(CC(=O)NC1CCCCC1CN)c1ccccc1. The van der Waals surface area contributed by atoms with Gasteiger partial charge in [-0.05, 0) is 43.2 Å². The van der Waals surface area contributed by atoms with E-state index in [1.807, 2.05) is 18.2 Å². The van der Waals surface area contributed by atoms with Gasteiger partial charge < -0.3 is 11.1 Å². The maximum atomic E-state index is 12.4. The lowest BCUT2D eigenvalue weighted by Gasteiger charge is -2.31. The van der Waals surface area contributed by atoms with Crippen molar-refractivity contribution in [2.45, 2.75) is 57.4 Å². The summed E-state index contributed by atoms with van der Waals surface area (Å²) < 4.78 is 0. The summed E-state index contributed by atoms with van der Waals surface area (Å²) in [7, 11) is 0. The van der Waals surface area contributed by atoms with Crippen molar-refractivity contribution in [2.24, 2.45) is 11.7 Å². The average Bonchev–Trinajstić information content (AvgIpc) is 2.54. The minimum Gasteiger partial charge on any atom is -0.353 e. The van der Waals surface area contributed by atoms with Gasteiger partial charge in [-0.25, -0.2) is 0 Å². The van der Waals surface area contributed by atoms with E-state index in [0.717, 1.165) is 19.3 Å². The molecular formula is C18H28N2O. The molecule has 1 aliphatic rings. The van der Waals surface area contributed by atoms with E-state index in [0.29, 0.717) is 24.8 Å². The fourth-order valence-corrected chi connectivity index (χ4v) is 3.39. The van der Waals surface area contributed by atoms with Crippen LogP contribution in [0.5, 0.6) is 0 Å². The highest BCUT2D eigenvalue weighted by atomic mass is 16.1. The third kappa shape index (κ3) is 4.57. The van der Waals surface area contributed by atoms with Gasteiger partial charge >= 0.3 is 0 Å². The van der Waals surface area contributed by atoms with Crippen LogP contribution in [0.4, 0.5) is 0 Å². The lowest BCUT2D eigenvalue weighted by Crippen LogP contribution is -2.45.